The SMILES string of the molecule is CCc1cccc(OCCCC(CC)(CC)CN)c1. The van der Waals surface area contributed by atoms with Crippen LogP contribution in [0.15, 0.2) is 24.3 Å². The van der Waals surface area contributed by atoms with E-state index in [1.807, 2.05) is 6.07 Å². The van der Waals surface area contributed by atoms with Crippen LogP contribution in [0, 0.1) is 5.41 Å². The van der Waals surface area contributed by atoms with Crippen LogP contribution >= 0.6 is 0 Å². The van der Waals surface area contributed by atoms with Crippen molar-refractivity contribution in [3.63, 3.8) is 0 Å². The van der Waals surface area contributed by atoms with Crippen molar-refractivity contribution in [3.8, 4) is 5.75 Å². The summed E-state index contributed by atoms with van der Waals surface area (Å²) in [5, 5.41) is 0. The van der Waals surface area contributed by atoms with Gasteiger partial charge in [-0.25, -0.2) is 0 Å². The number of nitrogens with two attached hydrogens (primary N) is 1. The molecule has 2 nitrogen and oxygen atoms in total. The minimum atomic E-state index is 0.314. The van der Waals surface area contributed by atoms with Gasteiger partial charge in [0.05, 0.1) is 6.61 Å². The summed E-state index contributed by atoms with van der Waals surface area (Å²) in [6.07, 6.45) is 5.61. The highest BCUT2D eigenvalue weighted by Gasteiger charge is 2.23. The summed E-state index contributed by atoms with van der Waals surface area (Å²) in [6.45, 7) is 8.21. The molecular formula is C17H29NO. The average Bonchev–Trinajstić information content (AvgIpc) is 2.48. The highest BCUT2D eigenvalue weighted by atomic mass is 16.5. The third-order valence-electron chi connectivity index (χ3n) is 4.36. The molecule has 0 bridgehead atoms. The lowest BCUT2D eigenvalue weighted by Crippen LogP contribution is -2.29. The minimum Gasteiger partial charge on any atom is -0.494 e. The molecule has 0 heterocycles. The van der Waals surface area contributed by atoms with Gasteiger partial charge in [-0.2, -0.15) is 0 Å². The molecule has 0 aliphatic rings. The second kappa shape index (κ2) is 8.21. The summed E-state index contributed by atoms with van der Waals surface area (Å²) in [7, 11) is 0. The number of hydrogen-bond acceptors (Lipinski definition) is 2. The van der Waals surface area contributed by atoms with Crippen LogP contribution in [-0.4, -0.2) is 13.2 Å². The first-order valence-corrected chi connectivity index (χ1v) is 7.61. The zero-order valence-electron chi connectivity index (χ0n) is 12.7. The van der Waals surface area contributed by atoms with Crippen molar-refractivity contribution in [2.75, 3.05) is 13.2 Å². The van der Waals surface area contributed by atoms with Crippen LogP contribution in [0.5, 0.6) is 5.75 Å². The lowest BCUT2D eigenvalue weighted by atomic mass is 9.78. The van der Waals surface area contributed by atoms with E-state index in [2.05, 4.69) is 39.0 Å². The maximum atomic E-state index is 5.92. The van der Waals surface area contributed by atoms with Gasteiger partial charge in [0.2, 0.25) is 0 Å². The van der Waals surface area contributed by atoms with Crippen LogP contribution < -0.4 is 10.5 Å². The standard InChI is InChI=1S/C17H29NO/c1-4-15-9-7-10-16(13-15)19-12-8-11-17(5-2,6-3)14-18/h7,9-10,13H,4-6,8,11-12,14,18H2,1-3H3. The first-order valence-electron chi connectivity index (χ1n) is 7.61. The van der Waals surface area contributed by atoms with Gasteiger partial charge in [0.1, 0.15) is 5.75 Å². The molecule has 0 amide bonds. The molecule has 1 aromatic carbocycles. The van der Waals surface area contributed by atoms with E-state index in [9.17, 15) is 0 Å². The van der Waals surface area contributed by atoms with Gasteiger partial charge in [-0.05, 0) is 61.8 Å². The van der Waals surface area contributed by atoms with Gasteiger partial charge in [-0.1, -0.05) is 32.9 Å². The van der Waals surface area contributed by atoms with E-state index in [0.29, 0.717) is 5.41 Å². The van der Waals surface area contributed by atoms with Gasteiger partial charge < -0.3 is 10.5 Å². The Morgan fingerprint density at radius 2 is 1.89 bits per heavy atom. The van der Waals surface area contributed by atoms with Crippen LogP contribution in [0.2, 0.25) is 0 Å². The molecule has 0 saturated heterocycles. The maximum absolute atomic E-state index is 5.92. The van der Waals surface area contributed by atoms with Gasteiger partial charge in [-0.3, -0.25) is 0 Å². The van der Waals surface area contributed by atoms with Crippen molar-refractivity contribution >= 4 is 0 Å². The van der Waals surface area contributed by atoms with Gasteiger partial charge >= 0.3 is 0 Å². The minimum absolute atomic E-state index is 0.314. The average molecular weight is 263 g/mol. The van der Waals surface area contributed by atoms with Crippen molar-refractivity contribution in [2.45, 2.75) is 52.9 Å². The lowest BCUT2D eigenvalue weighted by Gasteiger charge is -2.30. The van der Waals surface area contributed by atoms with Crippen LogP contribution in [0.1, 0.15) is 52.0 Å². The van der Waals surface area contributed by atoms with Crippen molar-refractivity contribution < 1.29 is 4.74 Å². The fraction of sp³-hybridized carbons (Fsp3) is 0.647. The van der Waals surface area contributed by atoms with E-state index >= 15 is 0 Å². The molecule has 1 aromatic rings. The number of aryl methyl sites for hydroxylation is 1. The second-order valence-electron chi connectivity index (χ2n) is 5.36. The monoisotopic (exact) mass is 263 g/mol. The zero-order chi connectivity index (χ0) is 14.1. The molecule has 0 spiro atoms. The summed E-state index contributed by atoms with van der Waals surface area (Å²) in [6, 6.07) is 8.38. The molecule has 19 heavy (non-hydrogen) atoms. The molecule has 0 aliphatic heterocycles. The van der Waals surface area contributed by atoms with Gasteiger partial charge in [-0.15, -0.1) is 0 Å². The summed E-state index contributed by atoms with van der Waals surface area (Å²) in [5.41, 5.74) is 7.56. The van der Waals surface area contributed by atoms with Crippen LogP contribution in [0.3, 0.4) is 0 Å². The Bertz CT molecular complexity index is 350. The zero-order valence-corrected chi connectivity index (χ0v) is 12.7. The highest BCUT2D eigenvalue weighted by Crippen LogP contribution is 2.30. The summed E-state index contributed by atoms with van der Waals surface area (Å²) in [4.78, 5) is 0. The molecule has 2 N–H and O–H groups in total. The predicted octanol–water partition coefficient (Wildman–Crippen LogP) is 4.17. The first kappa shape index (κ1) is 16.0. The number of ether oxygens (including phenoxy) is 1. The maximum Gasteiger partial charge on any atom is 0.119 e. The van der Waals surface area contributed by atoms with Crippen molar-refractivity contribution in [1.29, 1.82) is 0 Å². The quantitative estimate of drug-likeness (QED) is 0.679. The Labute approximate surface area is 118 Å². The Balaban J connectivity index is 2.37. The van der Waals surface area contributed by atoms with Crippen LogP contribution in [0.4, 0.5) is 0 Å². The number of benzene rings is 1. The predicted molar refractivity (Wildman–Crippen MR) is 82.6 cm³/mol. The van der Waals surface area contributed by atoms with Gasteiger partial charge in [0, 0.05) is 0 Å². The number of rotatable bonds is 9. The first-order chi connectivity index (χ1) is 9.19. The molecule has 0 saturated carbocycles. The van der Waals surface area contributed by atoms with Crippen molar-refractivity contribution in [3.05, 3.63) is 29.8 Å². The largest absolute Gasteiger partial charge is 0.494 e. The summed E-state index contributed by atoms with van der Waals surface area (Å²) >= 11 is 0. The van der Waals surface area contributed by atoms with E-state index in [4.69, 9.17) is 10.5 Å². The normalized spacial score (nSPS) is 11.6. The highest BCUT2D eigenvalue weighted by molar-refractivity contribution is 5.28. The smallest absolute Gasteiger partial charge is 0.119 e. The van der Waals surface area contributed by atoms with E-state index in [1.54, 1.807) is 0 Å². The fourth-order valence-corrected chi connectivity index (χ4v) is 2.49. The number of hydrogen-bond donors (Lipinski definition) is 1. The summed E-state index contributed by atoms with van der Waals surface area (Å²) in [5.74, 6) is 0.991. The Hall–Kier alpha value is -1.02. The molecule has 0 aromatic heterocycles. The van der Waals surface area contributed by atoms with E-state index < -0.39 is 0 Å². The Morgan fingerprint density at radius 1 is 1.16 bits per heavy atom. The lowest BCUT2D eigenvalue weighted by molar-refractivity contribution is 0.213. The van der Waals surface area contributed by atoms with Crippen LogP contribution in [-0.2, 0) is 6.42 Å². The molecule has 0 radical (unpaired) electrons. The molecule has 0 unspecified atom stereocenters. The fourth-order valence-electron chi connectivity index (χ4n) is 2.49. The van der Waals surface area contributed by atoms with E-state index in [-0.39, 0.29) is 0 Å². The Kier molecular flexibility index (Phi) is 6.93. The third-order valence-corrected chi connectivity index (χ3v) is 4.36. The topological polar surface area (TPSA) is 35.2 Å². The van der Waals surface area contributed by atoms with E-state index in [1.165, 1.54) is 5.56 Å². The summed E-state index contributed by atoms with van der Waals surface area (Å²) < 4.78 is 5.84. The Morgan fingerprint density at radius 3 is 2.47 bits per heavy atom. The van der Waals surface area contributed by atoms with Crippen LogP contribution in [0.25, 0.3) is 0 Å². The third kappa shape index (κ3) is 4.87. The second-order valence-corrected chi connectivity index (χ2v) is 5.36. The van der Waals surface area contributed by atoms with Crippen molar-refractivity contribution in [2.24, 2.45) is 11.1 Å². The van der Waals surface area contributed by atoms with Crippen molar-refractivity contribution in [1.82, 2.24) is 0 Å². The van der Waals surface area contributed by atoms with Gasteiger partial charge in [0.15, 0.2) is 0 Å². The van der Waals surface area contributed by atoms with E-state index in [0.717, 1.165) is 51.0 Å². The molecule has 108 valence electrons. The van der Waals surface area contributed by atoms with Gasteiger partial charge in [0.25, 0.3) is 0 Å². The molecule has 2 heteroatoms. The molecule has 0 atom stereocenters. The molecule has 1 rings (SSSR count). The molecule has 0 fully saturated rings. The molecule has 0 aliphatic carbocycles. The molecular weight excluding hydrogens is 234 g/mol.